The maximum atomic E-state index is 5.74. The molecular formula is C11H18N4O. The van der Waals surface area contributed by atoms with Crippen molar-refractivity contribution < 1.29 is 4.74 Å². The Morgan fingerprint density at radius 3 is 2.75 bits per heavy atom. The molecule has 1 aliphatic heterocycles. The SMILES string of the molecule is CC(Nc1nccnc1N)C1CCOCC1. The van der Waals surface area contributed by atoms with Crippen molar-refractivity contribution in [2.45, 2.75) is 25.8 Å². The molecule has 0 aliphatic carbocycles. The Hall–Kier alpha value is -1.36. The van der Waals surface area contributed by atoms with E-state index in [9.17, 15) is 0 Å². The zero-order valence-corrected chi connectivity index (χ0v) is 9.52. The second kappa shape index (κ2) is 5.12. The standard InChI is InChI=1S/C11H18N4O/c1-8(9-2-6-16-7-3-9)15-11-10(12)13-4-5-14-11/h4-5,8-9H,2-3,6-7H2,1H3,(H2,12,13)(H,14,15). The number of hydrogen-bond acceptors (Lipinski definition) is 5. The molecule has 5 heteroatoms. The molecule has 2 heterocycles. The van der Waals surface area contributed by atoms with Gasteiger partial charge in [-0.3, -0.25) is 0 Å². The Morgan fingerprint density at radius 2 is 2.06 bits per heavy atom. The Balaban J connectivity index is 1.96. The average molecular weight is 222 g/mol. The molecule has 2 rings (SSSR count). The Kier molecular flexibility index (Phi) is 3.56. The summed E-state index contributed by atoms with van der Waals surface area (Å²) in [5.41, 5.74) is 5.74. The molecule has 0 amide bonds. The van der Waals surface area contributed by atoms with Crippen LogP contribution < -0.4 is 11.1 Å². The first kappa shape index (κ1) is 11.1. The topological polar surface area (TPSA) is 73.1 Å². The molecular weight excluding hydrogens is 204 g/mol. The van der Waals surface area contributed by atoms with Crippen molar-refractivity contribution in [1.29, 1.82) is 0 Å². The second-order valence-corrected chi connectivity index (χ2v) is 4.17. The zero-order chi connectivity index (χ0) is 11.4. The van der Waals surface area contributed by atoms with Gasteiger partial charge in [0.15, 0.2) is 11.6 Å². The number of nitrogens with one attached hydrogen (secondary N) is 1. The van der Waals surface area contributed by atoms with Crippen molar-refractivity contribution in [2.24, 2.45) is 5.92 Å². The quantitative estimate of drug-likeness (QED) is 0.806. The third kappa shape index (κ3) is 2.61. The van der Waals surface area contributed by atoms with E-state index in [1.807, 2.05) is 0 Å². The van der Waals surface area contributed by atoms with Gasteiger partial charge in [0.2, 0.25) is 0 Å². The summed E-state index contributed by atoms with van der Waals surface area (Å²) in [6.45, 7) is 3.86. The minimum absolute atomic E-state index is 0.350. The predicted molar refractivity (Wildman–Crippen MR) is 63.1 cm³/mol. The number of nitrogens with zero attached hydrogens (tertiary/aromatic N) is 2. The van der Waals surface area contributed by atoms with Crippen LogP contribution in [0.15, 0.2) is 12.4 Å². The molecule has 1 aromatic heterocycles. The Morgan fingerprint density at radius 1 is 1.38 bits per heavy atom. The highest BCUT2D eigenvalue weighted by molar-refractivity contribution is 5.55. The van der Waals surface area contributed by atoms with Crippen LogP contribution in [-0.4, -0.2) is 29.2 Å². The molecule has 1 fully saturated rings. The normalized spacial score (nSPS) is 19.3. The van der Waals surface area contributed by atoms with Crippen LogP contribution in [0.2, 0.25) is 0 Å². The summed E-state index contributed by atoms with van der Waals surface area (Å²) < 4.78 is 5.34. The third-order valence-corrected chi connectivity index (χ3v) is 3.06. The number of nitrogens with two attached hydrogens (primary N) is 1. The number of anilines is 2. The van der Waals surface area contributed by atoms with Gasteiger partial charge in [-0.25, -0.2) is 9.97 Å². The second-order valence-electron chi connectivity index (χ2n) is 4.17. The van der Waals surface area contributed by atoms with E-state index in [1.54, 1.807) is 12.4 Å². The van der Waals surface area contributed by atoms with Gasteiger partial charge in [0.1, 0.15) is 0 Å². The van der Waals surface area contributed by atoms with Gasteiger partial charge in [-0.05, 0) is 25.7 Å². The van der Waals surface area contributed by atoms with Gasteiger partial charge in [0.25, 0.3) is 0 Å². The largest absolute Gasteiger partial charge is 0.381 e. The lowest BCUT2D eigenvalue weighted by atomic mass is 9.93. The minimum Gasteiger partial charge on any atom is -0.381 e. The smallest absolute Gasteiger partial charge is 0.169 e. The summed E-state index contributed by atoms with van der Waals surface area (Å²) in [5.74, 6) is 1.76. The highest BCUT2D eigenvalue weighted by atomic mass is 16.5. The van der Waals surface area contributed by atoms with Crippen molar-refractivity contribution in [3.05, 3.63) is 12.4 Å². The summed E-state index contributed by atoms with van der Waals surface area (Å²) >= 11 is 0. The van der Waals surface area contributed by atoms with E-state index in [1.165, 1.54) is 0 Å². The van der Waals surface area contributed by atoms with Gasteiger partial charge < -0.3 is 15.8 Å². The molecule has 88 valence electrons. The molecule has 0 bridgehead atoms. The van der Waals surface area contributed by atoms with Crippen molar-refractivity contribution in [1.82, 2.24) is 9.97 Å². The molecule has 0 saturated carbocycles. The minimum atomic E-state index is 0.350. The number of hydrogen-bond donors (Lipinski definition) is 2. The van der Waals surface area contributed by atoms with E-state index in [-0.39, 0.29) is 0 Å². The fourth-order valence-electron chi connectivity index (χ4n) is 2.01. The van der Waals surface area contributed by atoms with Crippen LogP contribution in [-0.2, 0) is 4.74 Å². The van der Waals surface area contributed by atoms with E-state index in [0.717, 1.165) is 26.1 Å². The van der Waals surface area contributed by atoms with Crippen LogP contribution in [0.4, 0.5) is 11.6 Å². The molecule has 16 heavy (non-hydrogen) atoms. The molecule has 3 N–H and O–H groups in total. The number of aromatic nitrogens is 2. The molecule has 1 atom stereocenters. The first-order valence-electron chi connectivity index (χ1n) is 5.68. The predicted octanol–water partition coefficient (Wildman–Crippen LogP) is 1.29. The summed E-state index contributed by atoms with van der Waals surface area (Å²) in [7, 11) is 0. The van der Waals surface area contributed by atoms with Crippen LogP contribution in [0.1, 0.15) is 19.8 Å². The summed E-state index contributed by atoms with van der Waals surface area (Å²) in [6.07, 6.45) is 5.43. The molecule has 1 saturated heterocycles. The Bertz CT molecular complexity index is 339. The molecule has 0 radical (unpaired) electrons. The van der Waals surface area contributed by atoms with Crippen molar-refractivity contribution >= 4 is 11.6 Å². The van der Waals surface area contributed by atoms with Crippen LogP contribution in [0.3, 0.4) is 0 Å². The lowest BCUT2D eigenvalue weighted by Gasteiger charge is -2.28. The number of rotatable bonds is 3. The van der Waals surface area contributed by atoms with E-state index >= 15 is 0 Å². The number of ether oxygens (including phenoxy) is 1. The monoisotopic (exact) mass is 222 g/mol. The zero-order valence-electron chi connectivity index (χ0n) is 9.52. The fraction of sp³-hybridized carbons (Fsp3) is 0.636. The molecule has 0 aromatic carbocycles. The first-order chi connectivity index (χ1) is 7.77. The molecule has 1 aromatic rings. The van der Waals surface area contributed by atoms with Gasteiger partial charge in [0, 0.05) is 31.6 Å². The van der Waals surface area contributed by atoms with Crippen LogP contribution in [0.5, 0.6) is 0 Å². The highest BCUT2D eigenvalue weighted by Crippen LogP contribution is 2.22. The fourth-order valence-corrected chi connectivity index (χ4v) is 2.01. The van der Waals surface area contributed by atoms with Crippen LogP contribution in [0, 0.1) is 5.92 Å². The summed E-state index contributed by atoms with van der Waals surface area (Å²) in [5, 5.41) is 3.33. The van der Waals surface area contributed by atoms with Gasteiger partial charge in [0.05, 0.1) is 0 Å². The van der Waals surface area contributed by atoms with Crippen LogP contribution in [0.25, 0.3) is 0 Å². The van der Waals surface area contributed by atoms with Gasteiger partial charge in [-0.1, -0.05) is 0 Å². The van der Waals surface area contributed by atoms with Crippen LogP contribution >= 0.6 is 0 Å². The first-order valence-corrected chi connectivity index (χ1v) is 5.68. The Labute approximate surface area is 95.4 Å². The lowest BCUT2D eigenvalue weighted by Crippen LogP contribution is -2.31. The number of nitrogen functional groups attached to an aromatic ring is 1. The van der Waals surface area contributed by atoms with Crippen molar-refractivity contribution in [3.63, 3.8) is 0 Å². The van der Waals surface area contributed by atoms with Crippen molar-refractivity contribution in [3.8, 4) is 0 Å². The maximum absolute atomic E-state index is 5.74. The van der Waals surface area contributed by atoms with E-state index in [2.05, 4.69) is 22.2 Å². The molecule has 1 unspecified atom stereocenters. The van der Waals surface area contributed by atoms with Gasteiger partial charge in [-0.2, -0.15) is 0 Å². The van der Waals surface area contributed by atoms with Gasteiger partial charge in [-0.15, -0.1) is 0 Å². The third-order valence-electron chi connectivity index (χ3n) is 3.06. The highest BCUT2D eigenvalue weighted by Gasteiger charge is 2.21. The van der Waals surface area contributed by atoms with E-state index < -0.39 is 0 Å². The summed E-state index contributed by atoms with van der Waals surface area (Å²) in [4.78, 5) is 8.19. The van der Waals surface area contributed by atoms with Crippen molar-refractivity contribution in [2.75, 3.05) is 24.3 Å². The average Bonchev–Trinajstić information content (AvgIpc) is 2.33. The summed E-state index contributed by atoms with van der Waals surface area (Å²) in [6, 6.07) is 0.350. The van der Waals surface area contributed by atoms with Gasteiger partial charge >= 0.3 is 0 Å². The molecule has 0 spiro atoms. The van der Waals surface area contributed by atoms with E-state index in [4.69, 9.17) is 10.5 Å². The molecule has 1 aliphatic rings. The maximum Gasteiger partial charge on any atom is 0.169 e. The molecule has 5 nitrogen and oxygen atoms in total. The van der Waals surface area contributed by atoms with E-state index in [0.29, 0.717) is 23.6 Å². The lowest BCUT2D eigenvalue weighted by molar-refractivity contribution is 0.0622.